The van der Waals surface area contributed by atoms with Crippen molar-refractivity contribution in [1.82, 2.24) is 14.9 Å². The third-order valence-electron chi connectivity index (χ3n) is 3.04. The van der Waals surface area contributed by atoms with Crippen LogP contribution in [0, 0.1) is 18.8 Å². The second-order valence-corrected chi connectivity index (χ2v) is 4.49. The fraction of sp³-hybridized carbons (Fsp3) is 0.727. The largest absolute Gasteiger partial charge is 0.335 e. The number of hydrogen-bond donors (Lipinski definition) is 1. The van der Waals surface area contributed by atoms with Crippen LogP contribution in [0.4, 0.5) is 0 Å². The summed E-state index contributed by atoms with van der Waals surface area (Å²) in [5, 5.41) is 3.48. The molecule has 1 aromatic heterocycles. The van der Waals surface area contributed by atoms with E-state index in [1.807, 2.05) is 6.20 Å². The predicted molar refractivity (Wildman–Crippen MR) is 57.1 cm³/mol. The highest BCUT2D eigenvalue weighted by atomic mass is 15.1. The van der Waals surface area contributed by atoms with Gasteiger partial charge in [-0.05, 0) is 38.3 Å². The fourth-order valence-electron chi connectivity index (χ4n) is 2.28. The molecule has 3 heteroatoms. The van der Waals surface area contributed by atoms with Crippen molar-refractivity contribution in [3.8, 4) is 0 Å². The number of aryl methyl sites for hydroxylation is 1. The first-order valence-corrected chi connectivity index (χ1v) is 5.44. The Morgan fingerprint density at radius 2 is 2.43 bits per heavy atom. The molecule has 0 amide bonds. The van der Waals surface area contributed by atoms with Gasteiger partial charge in [0.15, 0.2) is 0 Å². The standard InChI is InChI=1S/C11H19N3/c1-9-5-11(7-12-6-9)8-14-4-3-13-10(14)2/h3-4,9,11-12H,5-8H2,1-2H3. The topological polar surface area (TPSA) is 29.9 Å². The number of imidazole rings is 1. The van der Waals surface area contributed by atoms with Gasteiger partial charge in [-0.1, -0.05) is 6.92 Å². The zero-order valence-electron chi connectivity index (χ0n) is 9.03. The van der Waals surface area contributed by atoms with Crippen LogP contribution in [0.3, 0.4) is 0 Å². The number of nitrogens with one attached hydrogen (secondary N) is 1. The van der Waals surface area contributed by atoms with Gasteiger partial charge in [0.1, 0.15) is 5.82 Å². The van der Waals surface area contributed by atoms with Gasteiger partial charge in [0, 0.05) is 18.9 Å². The molecule has 1 aliphatic heterocycles. The first kappa shape index (κ1) is 9.71. The summed E-state index contributed by atoms with van der Waals surface area (Å²) in [7, 11) is 0. The lowest BCUT2D eigenvalue weighted by Crippen LogP contribution is -2.36. The van der Waals surface area contributed by atoms with E-state index in [-0.39, 0.29) is 0 Å². The molecule has 2 rings (SSSR count). The Labute approximate surface area is 85.5 Å². The summed E-state index contributed by atoms with van der Waals surface area (Å²) in [6.45, 7) is 7.84. The van der Waals surface area contributed by atoms with Crippen molar-refractivity contribution in [2.24, 2.45) is 11.8 Å². The quantitative estimate of drug-likeness (QED) is 0.770. The van der Waals surface area contributed by atoms with Crippen LogP contribution < -0.4 is 5.32 Å². The molecule has 0 bridgehead atoms. The monoisotopic (exact) mass is 193 g/mol. The highest BCUT2D eigenvalue weighted by molar-refractivity contribution is 4.89. The van der Waals surface area contributed by atoms with Crippen LogP contribution in [0.25, 0.3) is 0 Å². The van der Waals surface area contributed by atoms with Crippen LogP contribution in [-0.2, 0) is 6.54 Å². The van der Waals surface area contributed by atoms with Crippen molar-refractivity contribution in [3.63, 3.8) is 0 Å². The Balaban J connectivity index is 1.94. The lowest BCUT2D eigenvalue weighted by atomic mass is 9.92. The van der Waals surface area contributed by atoms with Crippen LogP contribution >= 0.6 is 0 Å². The summed E-state index contributed by atoms with van der Waals surface area (Å²) < 4.78 is 2.25. The Hall–Kier alpha value is -0.830. The summed E-state index contributed by atoms with van der Waals surface area (Å²) in [6.07, 6.45) is 5.30. The zero-order chi connectivity index (χ0) is 9.97. The van der Waals surface area contributed by atoms with E-state index in [9.17, 15) is 0 Å². The number of piperidine rings is 1. The highest BCUT2D eigenvalue weighted by Crippen LogP contribution is 2.17. The Bertz CT molecular complexity index is 292. The maximum atomic E-state index is 4.24. The molecule has 14 heavy (non-hydrogen) atoms. The summed E-state index contributed by atoms with van der Waals surface area (Å²) in [4.78, 5) is 4.24. The summed E-state index contributed by atoms with van der Waals surface area (Å²) in [5.41, 5.74) is 0. The minimum atomic E-state index is 0.770. The van der Waals surface area contributed by atoms with E-state index in [4.69, 9.17) is 0 Å². The molecule has 3 nitrogen and oxygen atoms in total. The van der Waals surface area contributed by atoms with Gasteiger partial charge in [-0.3, -0.25) is 0 Å². The zero-order valence-corrected chi connectivity index (χ0v) is 9.03. The predicted octanol–water partition coefficient (Wildman–Crippen LogP) is 1.44. The van der Waals surface area contributed by atoms with Crippen LogP contribution in [0.2, 0.25) is 0 Å². The molecule has 0 radical (unpaired) electrons. The normalized spacial score (nSPS) is 27.9. The van der Waals surface area contributed by atoms with Gasteiger partial charge in [-0.25, -0.2) is 4.98 Å². The molecule has 0 aromatic carbocycles. The lowest BCUT2D eigenvalue weighted by Gasteiger charge is -2.28. The van der Waals surface area contributed by atoms with Gasteiger partial charge >= 0.3 is 0 Å². The van der Waals surface area contributed by atoms with E-state index in [0.29, 0.717) is 0 Å². The lowest BCUT2D eigenvalue weighted by molar-refractivity contribution is 0.274. The van der Waals surface area contributed by atoms with E-state index >= 15 is 0 Å². The maximum Gasteiger partial charge on any atom is 0.105 e. The molecule has 2 atom stereocenters. The van der Waals surface area contributed by atoms with Crippen molar-refractivity contribution in [1.29, 1.82) is 0 Å². The first-order valence-electron chi connectivity index (χ1n) is 5.44. The van der Waals surface area contributed by atoms with E-state index in [2.05, 4.69) is 34.9 Å². The number of aromatic nitrogens is 2. The van der Waals surface area contributed by atoms with Gasteiger partial charge in [0.05, 0.1) is 0 Å². The summed E-state index contributed by atoms with van der Waals surface area (Å²) in [5.74, 6) is 2.72. The van der Waals surface area contributed by atoms with Crippen molar-refractivity contribution in [2.45, 2.75) is 26.8 Å². The molecule has 78 valence electrons. The van der Waals surface area contributed by atoms with Crippen LogP contribution in [0.15, 0.2) is 12.4 Å². The van der Waals surface area contributed by atoms with Gasteiger partial charge in [0.25, 0.3) is 0 Å². The van der Waals surface area contributed by atoms with Crippen LogP contribution in [0.1, 0.15) is 19.2 Å². The number of rotatable bonds is 2. The molecule has 1 saturated heterocycles. The van der Waals surface area contributed by atoms with E-state index in [0.717, 1.165) is 30.7 Å². The van der Waals surface area contributed by atoms with Crippen molar-refractivity contribution >= 4 is 0 Å². The molecule has 0 spiro atoms. The highest BCUT2D eigenvalue weighted by Gasteiger charge is 2.18. The van der Waals surface area contributed by atoms with Gasteiger partial charge in [0.2, 0.25) is 0 Å². The number of nitrogens with zero attached hydrogens (tertiary/aromatic N) is 2. The smallest absolute Gasteiger partial charge is 0.105 e. The second-order valence-electron chi connectivity index (χ2n) is 4.49. The van der Waals surface area contributed by atoms with Gasteiger partial charge < -0.3 is 9.88 Å². The fourth-order valence-corrected chi connectivity index (χ4v) is 2.28. The van der Waals surface area contributed by atoms with E-state index in [1.54, 1.807) is 0 Å². The van der Waals surface area contributed by atoms with E-state index in [1.165, 1.54) is 13.0 Å². The Kier molecular flexibility index (Phi) is 2.87. The van der Waals surface area contributed by atoms with Gasteiger partial charge in [-0.2, -0.15) is 0 Å². The Morgan fingerprint density at radius 1 is 1.57 bits per heavy atom. The average molecular weight is 193 g/mol. The maximum absolute atomic E-state index is 4.24. The third kappa shape index (κ3) is 2.15. The SMILES string of the molecule is Cc1nccn1CC1CNCC(C)C1. The average Bonchev–Trinajstić information content (AvgIpc) is 2.52. The molecule has 1 N–H and O–H groups in total. The van der Waals surface area contributed by atoms with Crippen LogP contribution in [-0.4, -0.2) is 22.6 Å². The van der Waals surface area contributed by atoms with Crippen LogP contribution in [0.5, 0.6) is 0 Å². The van der Waals surface area contributed by atoms with Crippen molar-refractivity contribution in [2.75, 3.05) is 13.1 Å². The minimum absolute atomic E-state index is 0.770. The third-order valence-corrected chi connectivity index (χ3v) is 3.04. The molecule has 1 aliphatic rings. The molecule has 0 saturated carbocycles. The molecule has 0 aliphatic carbocycles. The molecular weight excluding hydrogens is 174 g/mol. The summed E-state index contributed by atoms with van der Waals surface area (Å²) >= 11 is 0. The molecule has 2 heterocycles. The molecule has 1 fully saturated rings. The first-order chi connectivity index (χ1) is 6.75. The molecule has 2 unspecified atom stereocenters. The Morgan fingerprint density at radius 3 is 3.07 bits per heavy atom. The van der Waals surface area contributed by atoms with E-state index < -0.39 is 0 Å². The number of hydrogen-bond acceptors (Lipinski definition) is 2. The van der Waals surface area contributed by atoms with Gasteiger partial charge in [-0.15, -0.1) is 0 Å². The summed E-state index contributed by atoms with van der Waals surface area (Å²) in [6, 6.07) is 0. The van der Waals surface area contributed by atoms with Crippen molar-refractivity contribution in [3.05, 3.63) is 18.2 Å². The van der Waals surface area contributed by atoms with Crippen molar-refractivity contribution < 1.29 is 0 Å². The minimum Gasteiger partial charge on any atom is -0.335 e. The molecular formula is C11H19N3. The second kappa shape index (κ2) is 4.13. The molecule has 1 aromatic rings.